The Bertz CT molecular complexity index is 903. The number of carbonyl (C=O) groups is 1. The van der Waals surface area contributed by atoms with Crippen LogP contribution in [0.1, 0.15) is 0 Å². The lowest BCUT2D eigenvalue weighted by atomic mass is 10.2. The van der Waals surface area contributed by atoms with E-state index in [1.165, 1.54) is 30.5 Å². The molecular weight excluding hydrogens is 364 g/mol. The number of rotatable bonds is 9. The summed E-state index contributed by atoms with van der Waals surface area (Å²) < 4.78 is 10.6. The third-order valence-electron chi connectivity index (χ3n) is 3.50. The summed E-state index contributed by atoms with van der Waals surface area (Å²) in [6.45, 7) is 0.676. The van der Waals surface area contributed by atoms with Crippen LogP contribution >= 0.6 is 0 Å². The highest BCUT2D eigenvalue weighted by Crippen LogP contribution is 2.18. The first-order chi connectivity index (χ1) is 13.5. The van der Waals surface area contributed by atoms with E-state index in [1.54, 1.807) is 37.4 Å². The minimum atomic E-state index is -0.674. The van der Waals surface area contributed by atoms with Crippen molar-refractivity contribution in [1.29, 1.82) is 5.26 Å². The number of carbonyl (C=O) groups excluding carboxylic acids is 1. The number of non-ortho nitro benzene ring substituents is 1. The van der Waals surface area contributed by atoms with Crippen molar-refractivity contribution in [1.82, 2.24) is 5.32 Å². The number of hydrogen-bond donors (Lipinski definition) is 2. The minimum absolute atomic E-state index is 0.158. The number of nitrogens with one attached hydrogen (secondary N) is 2. The standard InChI is InChI=1S/C19H18N4O5/c1-27-17-5-7-18(8-6-17)28-10-9-21-13-14(12-20)19(24)22-15-3-2-4-16(11-15)23(25)26/h2-8,11,13,21H,9-10H2,1H3,(H,22,24)/b14-13-. The summed E-state index contributed by atoms with van der Waals surface area (Å²) in [5, 5.41) is 25.2. The molecule has 144 valence electrons. The highest BCUT2D eigenvalue weighted by atomic mass is 16.6. The van der Waals surface area contributed by atoms with Crippen LogP contribution in [-0.4, -0.2) is 31.1 Å². The SMILES string of the molecule is COc1ccc(OCCN/C=C(/C#N)C(=O)Nc2cccc([N+](=O)[O-])c2)cc1. The summed E-state index contributed by atoms with van der Waals surface area (Å²) in [6.07, 6.45) is 1.27. The van der Waals surface area contributed by atoms with Crippen LogP contribution in [0, 0.1) is 21.4 Å². The molecule has 0 aliphatic rings. The molecule has 0 saturated carbocycles. The van der Waals surface area contributed by atoms with E-state index in [9.17, 15) is 14.9 Å². The maximum absolute atomic E-state index is 12.1. The molecule has 0 unspecified atom stereocenters. The number of hydrogen-bond acceptors (Lipinski definition) is 7. The molecule has 9 heteroatoms. The van der Waals surface area contributed by atoms with Gasteiger partial charge in [0.1, 0.15) is 29.7 Å². The van der Waals surface area contributed by atoms with Crippen molar-refractivity contribution >= 4 is 17.3 Å². The topological polar surface area (TPSA) is 127 Å². The van der Waals surface area contributed by atoms with E-state index in [-0.39, 0.29) is 16.9 Å². The smallest absolute Gasteiger partial charge is 0.271 e. The number of nitrogens with zero attached hydrogens (tertiary/aromatic N) is 2. The number of amides is 1. The molecule has 0 fully saturated rings. The molecule has 0 spiro atoms. The monoisotopic (exact) mass is 382 g/mol. The van der Waals surface area contributed by atoms with Crippen LogP contribution in [0.4, 0.5) is 11.4 Å². The zero-order chi connectivity index (χ0) is 20.4. The highest BCUT2D eigenvalue weighted by Gasteiger charge is 2.11. The summed E-state index contributed by atoms with van der Waals surface area (Å²) in [5.74, 6) is 0.712. The average molecular weight is 382 g/mol. The van der Waals surface area contributed by atoms with Crippen molar-refractivity contribution in [3.8, 4) is 17.6 Å². The maximum Gasteiger partial charge on any atom is 0.271 e. The van der Waals surface area contributed by atoms with E-state index >= 15 is 0 Å². The molecule has 0 radical (unpaired) electrons. The van der Waals surface area contributed by atoms with Gasteiger partial charge in [-0.1, -0.05) is 6.07 Å². The molecule has 2 N–H and O–H groups in total. The van der Waals surface area contributed by atoms with Crippen molar-refractivity contribution in [3.63, 3.8) is 0 Å². The molecule has 9 nitrogen and oxygen atoms in total. The Balaban J connectivity index is 1.83. The van der Waals surface area contributed by atoms with E-state index in [1.807, 2.05) is 0 Å². The summed E-state index contributed by atoms with van der Waals surface area (Å²) in [4.78, 5) is 22.3. The highest BCUT2D eigenvalue weighted by molar-refractivity contribution is 6.06. The fraction of sp³-hybridized carbons (Fsp3) is 0.158. The Morgan fingerprint density at radius 3 is 2.61 bits per heavy atom. The molecular formula is C19H18N4O5. The van der Waals surface area contributed by atoms with Gasteiger partial charge in [-0.25, -0.2) is 0 Å². The molecule has 2 aromatic carbocycles. The van der Waals surface area contributed by atoms with Gasteiger partial charge < -0.3 is 20.1 Å². The Labute approximate surface area is 161 Å². The third-order valence-corrected chi connectivity index (χ3v) is 3.50. The Kier molecular flexibility index (Phi) is 7.36. The number of nitro benzene ring substituents is 1. The Hall–Kier alpha value is -4.06. The third kappa shape index (κ3) is 6.03. The van der Waals surface area contributed by atoms with E-state index < -0.39 is 10.8 Å². The van der Waals surface area contributed by atoms with Gasteiger partial charge in [0.15, 0.2) is 0 Å². The van der Waals surface area contributed by atoms with E-state index in [4.69, 9.17) is 14.7 Å². The summed E-state index contributed by atoms with van der Waals surface area (Å²) in [6, 6.07) is 14.3. The summed E-state index contributed by atoms with van der Waals surface area (Å²) in [5.41, 5.74) is -0.103. The Morgan fingerprint density at radius 2 is 1.96 bits per heavy atom. The van der Waals surface area contributed by atoms with Gasteiger partial charge in [0.2, 0.25) is 0 Å². The van der Waals surface area contributed by atoms with E-state index in [2.05, 4.69) is 10.6 Å². The molecule has 2 rings (SSSR count). The molecule has 1 amide bonds. The van der Waals surface area contributed by atoms with Crippen LogP contribution in [0.5, 0.6) is 11.5 Å². The van der Waals surface area contributed by atoms with E-state index in [0.29, 0.717) is 18.9 Å². The van der Waals surface area contributed by atoms with Crippen LogP contribution < -0.4 is 20.1 Å². The molecule has 2 aromatic rings. The zero-order valence-electron chi connectivity index (χ0n) is 15.0. The van der Waals surface area contributed by atoms with Crippen molar-refractivity contribution in [2.75, 3.05) is 25.6 Å². The van der Waals surface area contributed by atoms with Gasteiger partial charge in [-0.3, -0.25) is 14.9 Å². The van der Waals surface area contributed by atoms with E-state index in [0.717, 1.165) is 5.75 Å². The van der Waals surface area contributed by atoms with Crippen molar-refractivity contribution < 1.29 is 19.2 Å². The van der Waals surface area contributed by atoms with Gasteiger partial charge >= 0.3 is 0 Å². The molecule has 0 atom stereocenters. The lowest BCUT2D eigenvalue weighted by molar-refractivity contribution is -0.384. The van der Waals surface area contributed by atoms with Crippen LogP contribution in [0.25, 0.3) is 0 Å². The lowest BCUT2D eigenvalue weighted by Gasteiger charge is -2.08. The fourth-order valence-corrected chi connectivity index (χ4v) is 2.12. The molecule has 0 aliphatic carbocycles. The maximum atomic E-state index is 12.1. The first-order valence-electron chi connectivity index (χ1n) is 8.20. The molecule has 0 bridgehead atoms. The Morgan fingerprint density at radius 1 is 1.25 bits per heavy atom. The van der Waals surface area contributed by atoms with Crippen LogP contribution in [0.3, 0.4) is 0 Å². The van der Waals surface area contributed by atoms with Gasteiger partial charge in [-0.15, -0.1) is 0 Å². The molecule has 0 aliphatic heterocycles. The molecule has 0 heterocycles. The minimum Gasteiger partial charge on any atom is -0.497 e. The largest absolute Gasteiger partial charge is 0.497 e. The van der Waals surface area contributed by atoms with Crippen LogP contribution in [0.15, 0.2) is 60.3 Å². The molecule has 0 aromatic heterocycles. The van der Waals surface area contributed by atoms with Crippen LogP contribution in [-0.2, 0) is 4.79 Å². The number of nitro groups is 1. The van der Waals surface area contributed by atoms with Crippen LogP contribution in [0.2, 0.25) is 0 Å². The van der Waals surface area contributed by atoms with Gasteiger partial charge in [-0.2, -0.15) is 5.26 Å². The van der Waals surface area contributed by atoms with Gasteiger partial charge in [0.25, 0.3) is 11.6 Å². The normalized spacial score (nSPS) is 10.5. The quantitative estimate of drug-likeness (QED) is 0.224. The molecule has 0 saturated heterocycles. The van der Waals surface area contributed by atoms with Gasteiger partial charge in [-0.05, 0) is 30.3 Å². The van der Waals surface area contributed by atoms with Crippen molar-refractivity contribution in [2.24, 2.45) is 0 Å². The first kappa shape index (κ1) is 20.3. The average Bonchev–Trinajstić information content (AvgIpc) is 2.71. The van der Waals surface area contributed by atoms with Gasteiger partial charge in [0.05, 0.1) is 12.0 Å². The number of nitriles is 1. The fourth-order valence-electron chi connectivity index (χ4n) is 2.12. The predicted molar refractivity (Wildman–Crippen MR) is 102 cm³/mol. The van der Waals surface area contributed by atoms with Gasteiger partial charge in [0, 0.05) is 30.6 Å². The second-order valence-corrected chi connectivity index (χ2v) is 5.41. The summed E-state index contributed by atoms with van der Waals surface area (Å²) in [7, 11) is 1.58. The van der Waals surface area contributed by atoms with Crippen molar-refractivity contribution in [3.05, 3.63) is 70.4 Å². The summed E-state index contributed by atoms with van der Waals surface area (Å²) >= 11 is 0. The second-order valence-electron chi connectivity index (χ2n) is 5.41. The predicted octanol–water partition coefficient (Wildman–Crippen LogP) is 2.62. The number of methoxy groups -OCH3 is 1. The second kappa shape index (κ2) is 10.2. The number of anilines is 1. The van der Waals surface area contributed by atoms with Crippen molar-refractivity contribution in [2.45, 2.75) is 0 Å². The lowest BCUT2D eigenvalue weighted by Crippen LogP contribution is -2.20. The number of benzene rings is 2. The molecule has 28 heavy (non-hydrogen) atoms. The first-order valence-corrected chi connectivity index (χ1v) is 8.20. The number of ether oxygens (including phenoxy) is 2. The zero-order valence-corrected chi connectivity index (χ0v) is 15.0.